The molecule has 44 heavy (non-hydrogen) atoms. The van der Waals surface area contributed by atoms with E-state index < -0.39 is 12.1 Å². The Kier molecular flexibility index (Phi) is 32.7. The number of rotatable bonds is 29. The van der Waals surface area contributed by atoms with Gasteiger partial charge in [0.25, 0.3) is 0 Å². The minimum absolute atomic E-state index is 0.0946. The standard InChI is InChI=1S/C40H65NO3/c1-3-5-7-8-9-10-11-12-13-14-15-16-17-18-19-20-21-22-23-24-25-26-27-28-29-30-31-32-34-36-40(44)41-38(37-42)39(43)35-33-6-4-2/h5,7,9-10,12-13,15-16,18-19,21-22,24-25,33,35,38-39,42-43H,3-4,6,8,11,14,17,20,23,26-32,34,36-37H2,1-2H3,(H,41,44)/b7-5-,10-9-,13-12-,16-15-,19-18-,22-21-,25-24-,35-33+. The van der Waals surface area contributed by atoms with Crippen molar-refractivity contribution in [3.05, 3.63) is 97.2 Å². The maximum Gasteiger partial charge on any atom is 0.220 e. The Balaban J connectivity index is 3.60. The summed E-state index contributed by atoms with van der Waals surface area (Å²) < 4.78 is 0. The predicted octanol–water partition coefficient (Wildman–Crippen LogP) is 10.3. The van der Waals surface area contributed by atoms with Gasteiger partial charge in [-0.2, -0.15) is 0 Å². The molecule has 0 spiro atoms. The molecule has 0 radical (unpaired) electrons. The molecule has 1 amide bonds. The topological polar surface area (TPSA) is 69.6 Å². The van der Waals surface area contributed by atoms with E-state index in [1.807, 2.05) is 6.08 Å². The summed E-state index contributed by atoms with van der Waals surface area (Å²) in [5.41, 5.74) is 0. The van der Waals surface area contributed by atoms with Gasteiger partial charge >= 0.3 is 0 Å². The van der Waals surface area contributed by atoms with Gasteiger partial charge in [-0.1, -0.05) is 150 Å². The zero-order valence-electron chi connectivity index (χ0n) is 28.1. The van der Waals surface area contributed by atoms with Crippen LogP contribution in [0.15, 0.2) is 97.2 Å². The lowest BCUT2D eigenvalue weighted by molar-refractivity contribution is -0.123. The highest BCUT2D eigenvalue weighted by atomic mass is 16.3. The van der Waals surface area contributed by atoms with E-state index in [1.54, 1.807) is 6.08 Å². The molecule has 0 rings (SSSR count). The highest BCUT2D eigenvalue weighted by molar-refractivity contribution is 5.76. The number of amides is 1. The molecule has 0 aliphatic rings. The minimum atomic E-state index is -0.845. The Morgan fingerprint density at radius 3 is 1.45 bits per heavy atom. The van der Waals surface area contributed by atoms with Crippen LogP contribution >= 0.6 is 0 Å². The summed E-state index contributed by atoms with van der Waals surface area (Å²) in [5.74, 6) is -0.0946. The zero-order valence-corrected chi connectivity index (χ0v) is 28.1. The van der Waals surface area contributed by atoms with Crippen LogP contribution in [0.1, 0.15) is 129 Å². The van der Waals surface area contributed by atoms with E-state index >= 15 is 0 Å². The first-order valence-corrected chi connectivity index (χ1v) is 17.5. The first-order chi connectivity index (χ1) is 21.7. The van der Waals surface area contributed by atoms with Gasteiger partial charge in [-0.05, 0) is 70.6 Å². The van der Waals surface area contributed by atoms with Crippen LogP contribution in [0.4, 0.5) is 0 Å². The molecular formula is C40H65NO3. The molecule has 0 aliphatic heterocycles. The van der Waals surface area contributed by atoms with E-state index in [4.69, 9.17) is 0 Å². The van der Waals surface area contributed by atoms with Gasteiger partial charge in [0.1, 0.15) is 0 Å². The molecule has 3 N–H and O–H groups in total. The van der Waals surface area contributed by atoms with Crippen molar-refractivity contribution in [3.8, 4) is 0 Å². The quantitative estimate of drug-likeness (QED) is 0.0585. The van der Waals surface area contributed by atoms with Crippen molar-refractivity contribution in [2.75, 3.05) is 6.61 Å². The van der Waals surface area contributed by atoms with Gasteiger partial charge in [-0.25, -0.2) is 0 Å². The smallest absolute Gasteiger partial charge is 0.220 e. The van der Waals surface area contributed by atoms with Crippen LogP contribution in [0.3, 0.4) is 0 Å². The fourth-order valence-electron chi connectivity index (χ4n) is 4.40. The summed E-state index contributed by atoms with van der Waals surface area (Å²) in [6.07, 6.45) is 52.7. The summed E-state index contributed by atoms with van der Waals surface area (Å²) in [6, 6.07) is -0.629. The van der Waals surface area contributed by atoms with E-state index in [0.717, 1.165) is 83.5 Å². The molecule has 0 fully saturated rings. The lowest BCUT2D eigenvalue weighted by Crippen LogP contribution is -2.45. The monoisotopic (exact) mass is 607 g/mol. The predicted molar refractivity (Wildman–Crippen MR) is 193 cm³/mol. The molecule has 0 aromatic carbocycles. The average molecular weight is 608 g/mol. The number of aliphatic hydroxyl groups is 2. The van der Waals surface area contributed by atoms with Crippen LogP contribution < -0.4 is 5.32 Å². The number of nitrogens with one attached hydrogen (secondary N) is 1. The van der Waals surface area contributed by atoms with Crippen molar-refractivity contribution in [2.45, 2.75) is 142 Å². The number of aliphatic hydroxyl groups excluding tert-OH is 2. The second-order valence-electron chi connectivity index (χ2n) is 11.2. The van der Waals surface area contributed by atoms with Gasteiger partial charge in [0.05, 0.1) is 18.8 Å². The van der Waals surface area contributed by atoms with E-state index in [1.165, 1.54) is 25.7 Å². The molecule has 4 nitrogen and oxygen atoms in total. The summed E-state index contributed by atoms with van der Waals surface area (Å²) in [7, 11) is 0. The third-order valence-electron chi connectivity index (χ3n) is 7.05. The van der Waals surface area contributed by atoms with E-state index in [9.17, 15) is 15.0 Å². The Morgan fingerprint density at radius 1 is 0.568 bits per heavy atom. The summed E-state index contributed by atoms with van der Waals surface area (Å²) in [4.78, 5) is 12.1. The fourth-order valence-corrected chi connectivity index (χ4v) is 4.40. The highest BCUT2D eigenvalue weighted by Crippen LogP contribution is 2.10. The molecule has 0 saturated carbocycles. The first kappa shape index (κ1) is 41.3. The Hall–Kier alpha value is -2.69. The Bertz CT molecular complexity index is 875. The van der Waals surface area contributed by atoms with Gasteiger partial charge in [0.2, 0.25) is 5.91 Å². The van der Waals surface area contributed by atoms with Crippen LogP contribution in [0, 0.1) is 0 Å². The van der Waals surface area contributed by atoms with Gasteiger partial charge in [-0.3, -0.25) is 4.79 Å². The summed E-state index contributed by atoms with van der Waals surface area (Å²) in [5, 5.41) is 22.3. The number of hydrogen-bond donors (Lipinski definition) is 3. The first-order valence-electron chi connectivity index (χ1n) is 17.5. The van der Waals surface area contributed by atoms with E-state index in [0.29, 0.717) is 6.42 Å². The Labute approximate surface area is 271 Å². The van der Waals surface area contributed by atoms with Crippen LogP contribution in [-0.2, 0) is 4.79 Å². The van der Waals surface area contributed by atoms with E-state index in [2.05, 4.69) is 104 Å². The third kappa shape index (κ3) is 30.8. The number of hydrogen-bond acceptors (Lipinski definition) is 3. The van der Waals surface area contributed by atoms with E-state index in [-0.39, 0.29) is 12.5 Å². The molecule has 0 heterocycles. The largest absolute Gasteiger partial charge is 0.394 e. The lowest BCUT2D eigenvalue weighted by atomic mass is 10.1. The summed E-state index contributed by atoms with van der Waals surface area (Å²) >= 11 is 0. The maximum atomic E-state index is 12.1. The molecule has 0 aromatic heterocycles. The van der Waals surface area contributed by atoms with Crippen LogP contribution in [-0.4, -0.2) is 34.9 Å². The Morgan fingerprint density at radius 2 is 1.00 bits per heavy atom. The van der Waals surface area contributed by atoms with Crippen molar-refractivity contribution in [1.29, 1.82) is 0 Å². The SMILES string of the molecule is CC/C=C\C/C=C\C/C=C\C/C=C\C/C=C\C/C=C\C/C=C\CCCCCCCCCC(=O)NC(CO)C(O)/C=C/CCC. The molecule has 2 atom stereocenters. The van der Waals surface area contributed by atoms with Crippen molar-refractivity contribution in [2.24, 2.45) is 0 Å². The second kappa shape index (κ2) is 34.8. The van der Waals surface area contributed by atoms with Gasteiger partial charge in [-0.15, -0.1) is 0 Å². The second-order valence-corrected chi connectivity index (χ2v) is 11.2. The molecule has 0 aromatic rings. The molecule has 0 saturated heterocycles. The van der Waals surface area contributed by atoms with Crippen LogP contribution in [0.25, 0.3) is 0 Å². The summed E-state index contributed by atoms with van der Waals surface area (Å²) in [6.45, 7) is 3.96. The molecule has 4 heteroatoms. The molecule has 2 unspecified atom stereocenters. The van der Waals surface area contributed by atoms with Gasteiger partial charge < -0.3 is 15.5 Å². The number of allylic oxidation sites excluding steroid dienone is 15. The molecule has 248 valence electrons. The number of carbonyl (C=O) groups excluding carboxylic acids is 1. The van der Waals surface area contributed by atoms with Gasteiger partial charge in [0.15, 0.2) is 0 Å². The zero-order chi connectivity index (χ0) is 32.2. The molecule has 0 bridgehead atoms. The third-order valence-corrected chi connectivity index (χ3v) is 7.05. The molecule has 0 aliphatic carbocycles. The van der Waals surface area contributed by atoms with Crippen molar-refractivity contribution in [3.63, 3.8) is 0 Å². The van der Waals surface area contributed by atoms with Crippen molar-refractivity contribution >= 4 is 5.91 Å². The fraction of sp³-hybridized carbons (Fsp3) is 0.575. The van der Waals surface area contributed by atoms with Crippen LogP contribution in [0.5, 0.6) is 0 Å². The number of carbonyl (C=O) groups is 1. The molecular weight excluding hydrogens is 542 g/mol. The average Bonchev–Trinajstić information content (AvgIpc) is 3.02. The van der Waals surface area contributed by atoms with Crippen molar-refractivity contribution < 1.29 is 15.0 Å². The normalized spacial score (nSPS) is 14.4. The minimum Gasteiger partial charge on any atom is -0.394 e. The van der Waals surface area contributed by atoms with Gasteiger partial charge in [0, 0.05) is 6.42 Å². The maximum absolute atomic E-state index is 12.1. The number of unbranched alkanes of at least 4 members (excludes halogenated alkanes) is 8. The van der Waals surface area contributed by atoms with Crippen LogP contribution in [0.2, 0.25) is 0 Å². The highest BCUT2D eigenvalue weighted by Gasteiger charge is 2.17. The van der Waals surface area contributed by atoms with Crippen molar-refractivity contribution in [1.82, 2.24) is 5.32 Å². The lowest BCUT2D eigenvalue weighted by Gasteiger charge is -2.19.